The van der Waals surface area contributed by atoms with Crippen molar-refractivity contribution in [1.29, 1.82) is 0 Å². The lowest BCUT2D eigenvalue weighted by Gasteiger charge is -2.16. The summed E-state index contributed by atoms with van der Waals surface area (Å²) < 4.78 is 1.36. The average Bonchev–Trinajstić information content (AvgIpc) is 2.82. The topological polar surface area (TPSA) is 16.1 Å². The summed E-state index contributed by atoms with van der Waals surface area (Å²) in [6.45, 7) is 4.48. The molecule has 0 unspecified atom stereocenters. The van der Waals surface area contributed by atoms with Crippen LogP contribution in [0, 0.1) is 0 Å². The second-order valence-electron chi connectivity index (χ2n) is 3.60. The quantitative estimate of drug-likeness (QED) is 0.710. The first-order valence-corrected chi connectivity index (χ1v) is 5.88. The summed E-state index contributed by atoms with van der Waals surface area (Å²) in [4.78, 5) is 6.92. The van der Waals surface area contributed by atoms with Crippen LogP contribution in [0.1, 0.15) is 12.5 Å². The number of anilines is 1. The molecule has 0 amide bonds. The van der Waals surface area contributed by atoms with Crippen molar-refractivity contribution in [2.75, 3.05) is 18.0 Å². The normalized spacial score (nSPS) is 15.1. The zero-order valence-corrected chi connectivity index (χ0v) is 8.97. The molecule has 0 bridgehead atoms. The lowest BCUT2D eigenvalue weighted by atomic mass is 10.2. The number of rotatable bonds is 1. The number of nitrogens with zero attached hydrogens (tertiary/aromatic N) is 2. The van der Waals surface area contributed by atoms with Crippen LogP contribution in [0.25, 0.3) is 10.2 Å². The average molecular weight is 204 g/mol. The second-order valence-corrected chi connectivity index (χ2v) is 4.51. The molecule has 2 nitrogen and oxygen atoms in total. The Morgan fingerprint density at radius 1 is 1.57 bits per heavy atom. The molecule has 72 valence electrons. The molecular weight excluding hydrogens is 192 g/mol. The fourth-order valence-corrected chi connectivity index (χ4v) is 3.10. The van der Waals surface area contributed by atoms with E-state index in [1.165, 1.54) is 16.0 Å². The summed E-state index contributed by atoms with van der Waals surface area (Å²) in [5.74, 6) is 0. The summed E-state index contributed by atoms with van der Waals surface area (Å²) in [5.41, 5.74) is 4.00. The number of pyridine rings is 1. The zero-order chi connectivity index (χ0) is 9.54. The highest BCUT2D eigenvalue weighted by molar-refractivity contribution is 7.17. The van der Waals surface area contributed by atoms with E-state index < -0.39 is 0 Å². The van der Waals surface area contributed by atoms with Crippen LogP contribution in [0.15, 0.2) is 17.6 Å². The number of likely N-dealkylation sites (N-methyl/N-ethyl adjacent to an activating group) is 1. The third-order valence-electron chi connectivity index (χ3n) is 2.87. The van der Waals surface area contributed by atoms with Gasteiger partial charge in [0.15, 0.2) is 0 Å². The molecule has 1 aliphatic heterocycles. The number of aromatic nitrogens is 1. The van der Waals surface area contributed by atoms with E-state index in [4.69, 9.17) is 0 Å². The number of hydrogen-bond donors (Lipinski definition) is 0. The Morgan fingerprint density at radius 2 is 2.50 bits per heavy atom. The Labute approximate surface area is 87.2 Å². The van der Waals surface area contributed by atoms with Gasteiger partial charge >= 0.3 is 0 Å². The molecule has 0 spiro atoms. The fourth-order valence-electron chi connectivity index (χ4n) is 2.15. The van der Waals surface area contributed by atoms with Gasteiger partial charge in [0.1, 0.15) is 0 Å². The van der Waals surface area contributed by atoms with Crippen molar-refractivity contribution in [3.8, 4) is 0 Å². The van der Waals surface area contributed by atoms with E-state index >= 15 is 0 Å². The lowest BCUT2D eigenvalue weighted by molar-refractivity contribution is 0.870. The Morgan fingerprint density at radius 3 is 3.36 bits per heavy atom. The summed E-state index contributed by atoms with van der Waals surface area (Å²) in [5, 5.41) is 2.13. The molecule has 0 N–H and O–H groups in total. The second kappa shape index (κ2) is 2.95. The van der Waals surface area contributed by atoms with Gasteiger partial charge in [0, 0.05) is 19.3 Å². The van der Waals surface area contributed by atoms with E-state index in [1.807, 2.05) is 17.5 Å². The highest BCUT2D eigenvalue weighted by Gasteiger charge is 2.21. The van der Waals surface area contributed by atoms with Gasteiger partial charge in [-0.05, 0) is 30.4 Å². The van der Waals surface area contributed by atoms with Gasteiger partial charge in [-0.1, -0.05) is 0 Å². The molecule has 0 fully saturated rings. The smallest absolute Gasteiger partial charge is 0.0831 e. The van der Waals surface area contributed by atoms with Crippen molar-refractivity contribution >= 4 is 27.2 Å². The first kappa shape index (κ1) is 8.24. The summed E-state index contributed by atoms with van der Waals surface area (Å²) >= 11 is 1.81. The maximum atomic E-state index is 4.47. The Bertz CT molecular complexity index is 475. The predicted molar refractivity (Wildman–Crippen MR) is 61.2 cm³/mol. The first-order chi connectivity index (χ1) is 6.90. The van der Waals surface area contributed by atoms with E-state index in [0.717, 1.165) is 25.0 Å². The van der Waals surface area contributed by atoms with Crippen LogP contribution in [0.5, 0.6) is 0 Å². The summed E-state index contributed by atoms with van der Waals surface area (Å²) in [6, 6.07) is 2.10. The highest BCUT2D eigenvalue weighted by atomic mass is 32.1. The molecule has 1 aliphatic rings. The van der Waals surface area contributed by atoms with Crippen molar-refractivity contribution in [2.24, 2.45) is 0 Å². The van der Waals surface area contributed by atoms with Crippen molar-refractivity contribution in [2.45, 2.75) is 13.3 Å². The monoisotopic (exact) mass is 204 g/mol. The van der Waals surface area contributed by atoms with Gasteiger partial charge in [-0.25, -0.2) is 0 Å². The van der Waals surface area contributed by atoms with Crippen LogP contribution in [0.4, 0.5) is 5.69 Å². The molecule has 0 radical (unpaired) electrons. The van der Waals surface area contributed by atoms with Gasteiger partial charge in [-0.15, -0.1) is 11.3 Å². The number of thiophene rings is 1. The van der Waals surface area contributed by atoms with Crippen molar-refractivity contribution in [3.05, 3.63) is 23.2 Å². The van der Waals surface area contributed by atoms with E-state index in [2.05, 4.69) is 28.3 Å². The number of fused-ring (bicyclic) bond motifs is 3. The van der Waals surface area contributed by atoms with Crippen molar-refractivity contribution in [1.82, 2.24) is 4.98 Å². The predicted octanol–water partition coefficient (Wildman–Crippen LogP) is 2.68. The summed E-state index contributed by atoms with van der Waals surface area (Å²) in [6.07, 6.45) is 3.20. The molecule has 14 heavy (non-hydrogen) atoms. The highest BCUT2D eigenvalue weighted by Crippen LogP contribution is 2.36. The van der Waals surface area contributed by atoms with Gasteiger partial charge < -0.3 is 4.90 Å². The minimum Gasteiger partial charge on any atom is -0.370 e. The standard InChI is InChI=1S/C11H12N2S/c1-2-13-5-3-8-7-12-9-4-6-14-11(9)10(8)13/h4,6-7H,2-3,5H2,1H3. The number of hydrogen-bond acceptors (Lipinski definition) is 3. The third-order valence-corrected chi connectivity index (χ3v) is 3.78. The Hall–Kier alpha value is -1.09. The van der Waals surface area contributed by atoms with Crippen molar-refractivity contribution in [3.63, 3.8) is 0 Å². The molecule has 0 saturated carbocycles. The molecular formula is C11H12N2S. The zero-order valence-electron chi connectivity index (χ0n) is 8.16. The molecule has 0 saturated heterocycles. The first-order valence-electron chi connectivity index (χ1n) is 5.00. The van der Waals surface area contributed by atoms with Crippen LogP contribution in [0.2, 0.25) is 0 Å². The largest absolute Gasteiger partial charge is 0.370 e. The van der Waals surface area contributed by atoms with E-state index in [0.29, 0.717) is 0 Å². The summed E-state index contributed by atoms with van der Waals surface area (Å²) in [7, 11) is 0. The fraction of sp³-hybridized carbons (Fsp3) is 0.364. The molecule has 0 atom stereocenters. The van der Waals surface area contributed by atoms with E-state index in [1.54, 1.807) is 0 Å². The third kappa shape index (κ3) is 0.989. The molecule has 2 aromatic rings. The minimum absolute atomic E-state index is 1.10. The van der Waals surface area contributed by atoms with Crippen LogP contribution in [-0.4, -0.2) is 18.1 Å². The maximum Gasteiger partial charge on any atom is 0.0831 e. The lowest BCUT2D eigenvalue weighted by Crippen LogP contribution is -2.19. The van der Waals surface area contributed by atoms with Gasteiger partial charge in [-0.2, -0.15) is 0 Å². The van der Waals surface area contributed by atoms with E-state index in [9.17, 15) is 0 Å². The molecule has 0 aliphatic carbocycles. The van der Waals surface area contributed by atoms with Crippen LogP contribution in [-0.2, 0) is 6.42 Å². The van der Waals surface area contributed by atoms with Gasteiger partial charge in [0.05, 0.1) is 15.9 Å². The van der Waals surface area contributed by atoms with Gasteiger partial charge in [0.25, 0.3) is 0 Å². The molecule has 3 heteroatoms. The van der Waals surface area contributed by atoms with Crippen molar-refractivity contribution < 1.29 is 0 Å². The molecule has 3 heterocycles. The van der Waals surface area contributed by atoms with E-state index in [-0.39, 0.29) is 0 Å². The van der Waals surface area contributed by atoms with Crippen LogP contribution >= 0.6 is 11.3 Å². The Kier molecular flexibility index (Phi) is 1.74. The van der Waals surface area contributed by atoms with Gasteiger partial charge in [-0.3, -0.25) is 4.98 Å². The molecule has 3 rings (SSSR count). The SMILES string of the molecule is CCN1CCc2cnc3ccsc3c21. The van der Waals surface area contributed by atoms with Crippen LogP contribution < -0.4 is 4.90 Å². The molecule has 0 aromatic carbocycles. The maximum absolute atomic E-state index is 4.47. The minimum atomic E-state index is 1.10. The molecule has 2 aromatic heterocycles. The Balaban J connectivity index is 2.32. The van der Waals surface area contributed by atoms with Gasteiger partial charge in [0.2, 0.25) is 0 Å². The van der Waals surface area contributed by atoms with Crippen LogP contribution in [0.3, 0.4) is 0 Å².